The molecule has 6 nitrogen and oxygen atoms in total. The molecule has 1 N–H and O–H groups in total. The summed E-state index contributed by atoms with van der Waals surface area (Å²) in [6.07, 6.45) is 4.24. The van der Waals surface area contributed by atoms with E-state index in [0.717, 1.165) is 31.2 Å². The van der Waals surface area contributed by atoms with Crippen molar-refractivity contribution >= 4 is 10.0 Å². The number of rotatable bonds is 6. The van der Waals surface area contributed by atoms with Gasteiger partial charge in [0.1, 0.15) is 0 Å². The van der Waals surface area contributed by atoms with Gasteiger partial charge in [-0.25, -0.2) is 13.1 Å². The van der Waals surface area contributed by atoms with Crippen LogP contribution in [0.15, 0.2) is 34.9 Å². The average molecular weight is 335 g/mol. The molecule has 124 valence electrons. The molecule has 1 aliphatic rings. The van der Waals surface area contributed by atoms with E-state index in [1.807, 2.05) is 30.3 Å². The van der Waals surface area contributed by atoms with Gasteiger partial charge in [-0.1, -0.05) is 48.3 Å². The molecule has 0 amide bonds. The molecule has 0 bridgehead atoms. The Kier molecular flexibility index (Phi) is 4.77. The highest BCUT2D eigenvalue weighted by Crippen LogP contribution is 2.26. The lowest BCUT2D eigenvalue weighted by molar-refractivity contribution is 0.353. The van der Waals surface area contributed by atoms with Gasteiger partial charge in [0.15, 0.2) is 0 Å². The first kappa shape index (κ1) is 16.1. The van der Waals surface area contributed by atoms with Crippen LogP contribution in [-0.4, -0.2) is 24.3 Å². The Morgan fingerprint density at radius 1 is 1.26 bits per heavy atom. The van der Waals surface area contributed by atoms with Crippen LogP contribution in [0.2, 0.25) is 0 Å². The van der Waals surface area contributed by atoms with Gasteiger partial charge in [0.2, 0.25) is 21.7 Å². The van der Waals surface area contributed by atoms with E-state index in [4.69, 9.17) is 4.52 Å². The van der Waals surface area contributed by atoms with E-state index < -0.39 is 16.1 Å². The van der Waals surface area contributed by atoms with E-state index in [9.17, 15) is 8.42 Å². The first-order chi connectivity index (χ1) is 11.0. The summed E-state index contributed by atoms with van der Waals surface area (Å²) in [4.78, 5) is 4.29. The smallest absolute Gasteiger partial charge is 0.244 e. The summed E-state index contributed by atoms with van der Waals surface area (Å²) in [5.41, 5.74) is 0.837. The quantitative estimate of drug-likeness (QED) is 0.877. The standard InChI is InChI=1S/C16H21N3O3S/c1-12(19-23(20,21)11-13-7-5-6-8-13)16-17-15(18-22-16)14-9-3-2-4-10-14/h2-4,9-10,12-13,19H,5-8,11H2,1H3. The van der Waals surface area contributed by atoms with Gasteiger partial charge in [-0.2, -0.15) is 4.98 Å². The van der Waals surface area contributed by atoms with Crippen LogP contribution < -0.4 is 4.72 Å². The minimum atomic E-state index is -3.35. The van der Waals surface area contributed by atoms with Crippen LogP contribution in [0.1, 0.15) is 44.5 Å². The topological polar surface area (TPSA) is 85.1 Å². The van der Waals surface area contributed by atoms with Gasteiger partial charge >= 0.3 is 0 Å². The second-order valence-corrected chi connectivity index (χ2v) is 7.89. The summed E-state index contributed by atoms with van der Waals surface area (Å²) in [6, 6.07) is 8.90. The Hall–Kier alpha value is -1.73. The zero-order chi connectivity index (χ0) is 16.3. The molecule has 1 atom stereocenters. The fraction of sp³-hybridized carbons (Fsp3) is 0.500. The van der Waals surface area contributed by atoms with Crippen LogP contribution >= 0.6 is 0 Å². The molecule has 1 heterocycles. The maximum atomic E-state index is 12.2. The minimum Gasteiger partial charge on any atom is -0.337 e. The molecule has 1 aromatic heterocycles. The van der Waals surface area contributed by atoms with Gasteiger partial charge in [0.05, 0.1) is 11.8 Å². The number of sulfonamides is 1. The van der Waals surface area contributed by atoms with Crippen molar-refractivity contribution in [2.75, 3.05) is 5.75 Å². The molecular formula is C16H21N3O3S. The maximum absolute atomic E-state index is 12.2. The number of hydrogen-bond acceptors (Lipinski definition) is 5. The van der Waals surface area contributed by atoms with Crippen molar-refractivity contribution < 1.29 is 12.9 Å². The Morgan fingerprint density at radius 2 is 1.96 bits per heavy atom. The SMILES string of the molecule is CC(NS(=O)(=O)CC1CCCC1)c1nc(-c2ccccc2)no1. The van der Waals surface area contributed by atoms with Gasteiger partial charge < -0.3 is 4.52 Å². The zero-order valence-electron chi connectivity index (χ0n) is 13.1. The van der Waals surface area contributed by atoms with Crippen molar-refractivity contribution in [3.8, 4) is 11.4 Å². The second kappa shape index (κ2) is 6.80. The largest absolute Gasteiger partial charge is 0.337 e. The zero-order valence-corrected chi connectivity index (χ0v) is 13.9. The molecule has 7 heteroatoms. The molecule has 1 aliphatic carbocycles. The number of aromatic nitrogens is 2. The van der Waals surface area contributed by atoms with Crippen molar-refractivity contribution in [2.45, 2.75) is 38.6 Å². The highest BCUT2D eigenvalue weighted by Gasteiger charge is 2.26. The van der Waals surface area contributed by atoms with Crippen LogP contribution in [0.3, 0.4) is 0 Å². The van der Waals surface area contributed by atoms with E-state index in [2.05, 4.69) is 14.9 Å². The molecule has 1 fully saturated rings. The minimum absolute atomic E-state index is 0.178. The Balaban J connectivity index is 1.66. The van der Waals surface area contributed by atoms with Crippen molar-refractivity contribution in [1.82, 2.24) is 14.9 Å². The molecule has 0 spiro atoms. The summed E-state index contributed by atoms with van der Waals surface area (Å²) in [7, 11) is -3.35. The molecule has 0 aliphatic heterocycles. The first-order valence-corrected chi connectivity index (χ1v) is 9.58. The first-order valence-electron chi connectivity index (χ1n) is 7.92. The Bertz CT molecular complexity index is 737. The van der Waals surface area contributed by atoms with Crippen molar-refractivity contribution in [2.24, 2.45) is 5.92 Å². The van der Waals surface area contributed by atoms with E-state index >= 15 is 0 Å². The molecular weight excluding hydrogens is 314 g/mol. The molecule has 1 aromatic carbocycles. The Labute approximate surface area is 136 Å². The monoisotopic (exact) mass is 335 g/mol. The van der Waals surface area contributed by atoms with Crippen molar-refractivity contribution in [1.29, 1.82) is 0 Å². The van der Waals surface area contributed by atoms with Crippen LogP contribution in [0, 0.1) is 5.92 Å². The van der Waals surface area contributed by atoms with Gasteiger partial charge in [-0.3, -0.25) is 0 Å². The highest BCUT2D eigenvalue weighted by molar-refractivity contribution is 7.89. The molecule has 0 saturated heterocycles. The predicted molar refractivity (Wildman–Crippen MR) is 87.0 cm³/mol. The second-order valence-electron chi connectivity index (χ2n) is 6.09. The molecule has 1 unspecified atom stereocenters. The highest BCUT2D eigenvalue weighted by atomic mass is 32.2. The van der Waals surface area contributed by atoms with Crippen molar-refractivity contribution in [3.05, 3.63) is 36.2 Å². The van der Waals surface area contributed by atoms with E-state index in [1.165, 1.54) is 0 Å². The van der Waals surface area contributed by atoms with E-state index in [0.29, 0.717) is 5.82 Å². The molecule has 0 radical (unpaired) electrons. The van der Waals surface area contributed by atoms with Gasteiger partial charge in [0.25, 0.3) is 0 Å². The summed E-state index contributed by atoms with van der Waals surface area (Å²) in [5, 5.41) is 3.92. The number of nitrogens with zero attached hydrogens (tertiary/aromatic N) is 2. The summed E-state index contributed by atoms with van der Waals surface area (Å²) in [6.45, 7) is 1.72. The summed E-state index contributed by atoms with van der Waals surface area (Å²) >= 11 is 0. The third-order valence-corrected chi connectivity index (χ3v) is 5.75. The third-order valence-electron chi connectivity index (χ3n) is 4.13. The lowest BCUT2D eigenvalue weighted by Gasteiger charge is -2.13. The van der Waals surface area contributed by atoms with E-state index in [1.54, 1.807) is 6.92 Å². The van der Waals surface area contributed by atoms with Crippen LogP contribution in [-0.2, 0) is 10.0 Å². The van der Waals surface area contributed by atoms with Gasteiger partial charge in [0, 0.05) is 5.56 Å². The fourth-order valence-corrected chi connectivity index (χ4v) is 4.66. The molecule has 3 rings (SSSR count). The lowest BCUT2D eigenvalue weighted by Crippen LogP contribution is -2.31. The van der Waals surface area contributed by atoms with Crippen LogP contribution in [0.5, 0.6) is 0 Å². The van der Waals surface area contributed by atoms with Crippen molar-refractivity contribution in [3.63, 3.8) is 0 Å². The number of nitrogens with one attached hydrogen (secondary N) is 1. The Morgan fingerprint density at radius 3 is 2.65 bits per heavy atom. The summed E-state index contributed by atoms with van der Waals surface area (Å²) < 4.78 is 32.3. The lowest BCUT2D eigenvalue weighted by atomic mass is 10.1. The summed E-state index contributed by atoms with van der Waals surface area (Å²) in [5.74, 6) is 1.18. The maximum Gasteiger partial charge on any atom is 0.244 e. The molecule has 2 aromatic rings. The fourth-order valence-electron chi connectivity index (χ4n) is 2.97. The molecule has 23 heavy (non-hydrogen) atoms. The van der Waals surface area contributed by atoms with E-state index in [-0.39, 0.29) is 17.6 Å². The predicted octanol–water partition coefficient (Wildman–Crippen LogP) is 2.91. The van der Waals surface area contributed by atoms with Gasteiger partial charge in [-0.05, 0) is 25.7 Å². The number of benzene rings is 1. The van der Waals surface area contributed by atoms with Gasteiger partial charge in [-0.15, -0.1) is 0 Å². The third kappa shape index (κ3) is 4.17. The average Bonchev–Trinajstić information content (AvgIpc) is 3.18. The normalized spacial score (nSPS) is 17.4. The number of hydrogen-bond donors (Lipinski definition) is 1. The van der Waals surface area contributed by atoms with Crippen LogP contribution in [0.4, 0.5) is 0 Å². The van der Waals surface area contributed by atoms with Crippen LogP contribution in [0.25, 0.3) is 11.4 Å². The molecule has 1 saturated carbocycles.